The number of aliphatic hydroxyl groups is 1. The molecule has 0 aliphatic heterocycles. The number of amides is 1. The molecule has 0 radical (unpaired) electrons. The molecule has 0 bridgehead atoms. The lowest BCUT2D eigenvalue weighted by Crippen LogP contribution is -2.43. The number of benzene rings is 1. The zero-order valence-electron chi connectivity index (χ0n) is 11.1. The summed E-state index contributed by atoms with van der Waals surface area (Å²) < 4.78 is 16.6. The molecule has 1 aromatic carbocycles. The van der Waals surface area contributed by atoms with Gasteiger partial charge in [0, 0.05) is 10.6 Å². The third kappa shape index (κ3) is 5.10. The highest BCUT2D eigenvalue weighted by molar-refractivity contribution is 7.85. The number of aliphatic hydroxyl groups excluding tert-OH is 1. The largest absolute Gasteiger partial charge is 0.467 e. The average molecular weight is 299 g/mol. The number of rotatable bonds is 7. The number of esters is 1. The lowest BCUT2D eigenvalue weighted by atomic mass is 10.2. The third-order valence-electron chi connectivity index (χ3n) is 2.56. The number of nitrogens with one attached hydrogen (secondary N) is 1. The van der Waals surface area contributed by atoms with Crippen LogP contribution in [-0.2, 0) is 25.1 Å². The van der Waals surface area contributed by atoms with Crippen molar-refractivity contribution < 1.29 is 23.6 Å². The van der Waals surface area contributed by atoms with Crippen LogP contribution in [0, 0.1) is 0 Å². The summed E-state index contributed by atoms with van der Waals surface area (Å²) in [4.78, 5) is 23.3. The molecule has 0 saturated heterocycles. The topological polar surface area (TPSA) is 92.7 Å². The van der Waals surface area contributed by atoms with E-state index in [0.717, 1.165) is 0 Å². The Bertz CT molecular complexity index is 477. The van der Waals surface area contributed by atoms with Crippen LogP contribution in [0.15, 0.2) is 35.2 Å². The van der Waals surface area contributed by atoms with Gasteiger partial charge in [0.1, 0.15) is 12.6 Å². The molecule has 0 unspecified atom stereocenters. The van der Waals surface area contributed by atoms with Crippen molar-refractivity contribution >= 4 is 22.7 Å². The molecule has 1 aromatic rings. The van der Waals surface area contributed by atoms with Gasteiger partial charge in [-0.2, -0.15) is 0 Å². The van der Waals surface area contributed by atoms with Gasteiger partial charge in [0.2, 0.25) is 5.91 Å². The van der Waals surface area contributed by atoms with E-state index in [0.29, 0.717) is 4.90 Å². The van der Waals surface area contributed by atoms with E-state index < -0.39 is 35.3 Å². The van der Waals surface area contributed by atoms with E-state index in [4.69, 9.17) is 5.11 Å². The van der Waals surface area contributed by atoms with Crippen molar-refractivity contribution in [3.63, 3.8) is 0 Å². The first kappa shape index (κ1) is 16.3. The zero-order valence-corrected chi connectivity index (χ0v) is 11.9. The lowest BCUT2D eigenvalue weighted by Gasteiger charge is -2.15. The predicted octanol–water partition coefficient (Wildman–Crippen LogP) is -0.166. The van der Waals surface area contributed by atoms with Crippen molar-refractivity contribution in [2.75, 3.05) is 19.5 Å². The molecule has 2 atom stereocenters. The Morgan fingerprint density at radius 3 is 2.55 bits per heavy atom. The quantitative estimate of drug-likeness (QED) is 0.682. The normalized spacial score (nSPS) is 13.3. The SMILES string of the molecule is COC(=O)[C@@H](CC[S@@](=O)c1ccccc1)NC(=O)CO. The van der Waals surface area contributed by atoms with Crippen LogP contribution in [0.5, 0.6) is 0 Å². The minimum Gasteiger partial charge on any atom is -0.467 e. The molecule has 0 aliphatic carbocycles. The summed E-state index contributed by atoms with van der Waals surface area (Å²) in [6.45, 7) is -0.713. The fourth-order valence-corrected chi connectivity index (χ4v) is 2.69. The number of ether oxygens (including phenoxy) is 1. The Morgan fingerprint density at radius 2 is 2.00 bits per heavy atom. The van der Waals surface area contributed by atoms with Crippen molar-refractivity contribution in [3.05, 3.63) is 30.3 Å². The Kier molecular flexibility index (Phi) is 6.89. The summed E-state index contributed by atoms with van der Waals surface area (Å²) in [6.07, 6.45) is 0.167. The molecule has 1 amide bonds. The number of carbonyl (C=O) groups excluding carboxylic acids is 2. The molecule has 7 heteroatoms. The highest BCUT2D eigenvalue weighted by Gasteiger charge is 2.22. The van der Waals surface area contributed by atoms with Crippen LogP contribution >= 0.6 is 0 Å². The Hall–Kier alpha value is -1.73. The highest BCUT2D eigenvalue weighted by atomic mass is 32.2. The monoisotopic (exact) mass is 299 g/mol. The van der Waals surface area contributed by atoms with Crippen LogP contribution in [0.3, 0.4) is 0 Å². The van der Waals surface area contributed by atoms with E-state index in [2.05, 4.69) is 10.1 Å². The van der Waals surface area contributed by atoms with Gasteiger partial charge < -0.3 is 15.2 Å². The summed E-state index contributed by atoms with van der Waals surface area (Å²) in [7, 11) is -0.0579. The standard InChI is InChI=1S/C13H17NO5S/c1-19-13(17)11(14-12(16)9-15)7-8-20(18)10-5-3-2-4-6-10/h2-6,11,15H,7-9H2,1H3,(H,14,16)/t11-,20-/m1/s1. The van der Waals surface area contributed by atoms with Crippen molar-refractivity contribution in [2.24, 2.45) is 0 Å². The first-order chi connectivity index (χ1) is 9.58. The molecule has 0 aromatic heterocycles. The van der Waals surface area contributed by atoms with Crippen molar-refractivity contribution in [3.8, 4) is 0 Å². The molecule has 20 heavy (non-hydrogen) atoms. The van der Waals surface area contributed by atoms with E-state index in [1.807, 2.05) is 6.07 Å². The summed E-state index contributed by atoms with van der Waals surface area (Å²) in [5.41, 5.74) is 0. The van der Waals surface area contributed by atoms with Gasteiger partial charge in [0.15, 0.2) is 0 Å². The van der Waals surface area contributed by atoms with Gasteiger partial charge >= 0.3 is 5.97 Å². The zero-order chi connectivity index (χ0) is 15.0. The molecule has 0 fully saturated rings. The summed E-state index contributed by atoms with van der Waals surface area (Å²) in [5.74, 6) is -1.10. The van der Waals surface area contributed by atoms with E-state index in [9.17, 15) is 13.8 Å². The smallest absolute Gasteiger partial charge is 0.328 e. The van der Waals surface area contributed by atoms with Gasteiger partial charge in [-0.3, -0.25) is 9.00 Å². The number of methoxy groups -OCH3 is 1. The first-order valence-electron chi connectivity index (χ1n) is 6.00. The molecular weight excluding hydrogens is 282 g/mol. The fourth-order valence-electron chi connectivity index (χ4n) is 1.55. The molecule has 6 nitrogen and oxygen atoms in total. The fraction of sp³-hybridized carbons (Fsp3) is 0.385. The van der Waals surface area contributed by atoms with Gasteiger partial charge in [-0.05, 0) is 18.6 Å². The molecule has 0 aliphatic rings. The lowest BCUT2D eigenvalue weighted by molar-refractivity contribution is -0.145. The minimum absolute atomic E-state index is 0.167. The molecule has 110 valence electrons. The van der Waals surface area contributed by atoms with E-state index >= 15 is 0 Å². The van der Waals surface area contributed by atoms with Crippen LogP contribution in [0.25, 0.3) is 0 Å². The maximum Gasteiger partial charge on any atom is 0.328 e. The molecule has 2 N–H and O–H groups in total. The van der Waals surface area contributed by atoms with Crippen molar-refractivity contribution in [2.45, 2.75) is 17.4 Å². The predicted molar refractivity (Wildman–Crippen MR) is 73.4 cm³/mol. The van der Waals surface area contributed by atoms with Crippen LogP contribution in [0.1, 0.15) is 6.42 Å². The van der Waals surface area contributed by atoms with Crippen LogP contribution in [0.2, 0.25) is 0 Å². The maximum atomic E-state index is 12.0. The summed E-state index contributed by atoms with van der Waals surface area (Å²) in [5, 5.41) is 11.0. The first-order valence-corrected chi connectivity index (χ1v) is 7.32. The molecule has 0 saturated carbocycles. The van der Waals surface area contributed by atoms with Crippen LogP contribution in [-0.4, -0.2) is 46.7 Å². The number of hydrogen-bond acceptors (Lipinski definition) is 5. The average Bonchev–Trinajstić information content (AvgIpc) is 2.50. The Morgan fingerprint density at radius 1 is 1.35 bits per heavy atom. The molecule has 0 spiro atoms. The third-order valence-corrected chi connectivity index (χ3v) is 3.97. The van der Waals surface area contributed by atoms with Crippen LogP contribution in [0.4, 0.5) is 0 Å². The molecular formula is C13H17NO5S. The second-order valence-corrected chi connectivity index (χ2v) is 5.52. The summed E-state index contributed by atoms with van der Waals surface area (Å²) >= 11 is 0. The van der Waals surface area contributed by atoms with E-state index in [1.54, 1.807) is 24.3 Å². The second kappa shape index (κ2) is 8.44. The number of carbonyl (C=O) groups is 2. The molecule has 0 heterocycles. The van der Waals surface area contributed by atoms with Crippen LogP contribution < -0.4 is 5.32 Å². The number of hydrogen-bond donors (Lipinski definition) is 2. The van der Waals surface area contributed by atoms with Crippen molar-refractivity contribution in [1.29, 1.82) is 0 Å². The van der Waals surface area contributed by atoms with Gasteiger partial charge in [0.25, 0.3) is 0 Å². The van der Waals surface area contributed by atoms with Gasteiger partial charge in [-0.15, -0.1) is 0 Å². The van der Waals surface area contributed by atoms with E-state index in [-0.39, 0.29) is 12.2 Å². The second-order valence-electron chi connectivity index (χ2n) is 3.95. The minimum atomic E-state index is -1.26. The van der Waals surface area contributed by atoms with Gasteiger partial charge in [-0.1, -0.05) is 18.2 Å². The Labute approximate surface area is 119 Å². The Balaban J connectivity index is 2.60. The summed E-state index contributed by atoms with van der Waals surface area (Å²) in [6, 6.07) is 7.93. The van der Waals surface area contributed by atoms with Gasteiger partial charge in [-0.25, -0.2) is 4.79 Å². The van der Waals surface area contributed by atoms with E-state index in [1.165, 1.54) is 7.11 Å². The molecule has 1 rings (SSSR count). The van der Waals surface area contributed by atoms with Gasteiger partial charge in [0.05, 0.1) is 17.9 Å². The highest BCUT2D eigenvalue weighted by Crippen LogP contribution is 2.08. The van der Waals surface area contributed by atoms with Crippen molar-refractivity contribution in [1.82, 2.24) is 5.32 Å². The maximum absolute atomic E-state index is 12.0.